The van der Waals surface area contributed by atoms with Gasteiger partial charge in [-0.15, -0.1) is 0 Å². The van der Waals surface area contributed by atoms with E-state index >= 15 is 0 Å². The van der Waals surface area contributed by atoms with Crippen LogP contribution in [-0.2, 0) is 4.79 Å². The molecule has 0 aromatic carbocycles. The molecule has 21 heavy (non-hydrogen) atoms. The zero-order valence-corrected chi connectivity index (χ0v) is 13.8. The van der Waals surface area contributed by atoms with Crippen LogP contribution in [0.3, 0.4) is 0 Å². The number of rotatable bonds is 4. The minimum atomic E-state index is -0.386. The number of likely N-dealkylation sites (tertiary alicyclic amines) is 1. The Labute approximate surface area is 128 Å². The van der Waals surface area contributed by atoms with Crippen molar-refractivity contribution in [1.29, 1.82) is 0 Å². The summed E-state index contributed by atoms with van der Waals surface area (Å²) < 4.78 is 0. The van der Waals surface area contributed by atoms with Gasteiger partial charge in [0.15, 0.2) is 0 Å². The first-order chi connectivity index (χ1) is 9.82. The molecular weight excluding hydrogens is 266 g/mol. The van der Waals surface area contributed by atoms with E-state index in [0.29, 0.717) is 12.1 Å². The summed E-state index contributed by atoms with van der Waals surface area (Å²) in [5.74, 6) is 0.223. The first kappa shape index (κ1) is 16.7. The summed E-state index contributed by atoms with van der Waals surface area (Å²) in [5.41, 5.74) is 5.85. The SMILES string of the molecule is CC(C)N(C)[C@@H]1CC[C@H](N2CCC(N)C2=O)[C@H]([C@H](C)O)C1. The average molecular weight is 297 g/mol. The first-order valence-electron chi connectivity index (χ1n) is 8.29. The van der Waals surface area contributed by atoms with Gasteiger partial charge in [-0.3, -0.25) is 4.79 Å². The van der Waals surface area contributed by atoms with Crippen LogP contribution in [0.5, 0.6) is 0 Å². The van der Waals surface area contributed by atoms with Crippen LogP contribution in [0.25, 0.3) is 0 Å². The van der Waals surface area contributed by atoms with Gasteiger partial charge >= 0.3 is 0 Å². The van der Waals surface area contributed by atoms with E-state index in [1.807, 2.05) is 11.8 Å². The van der Waals surface area contributed by atoms with Crippen LogP contribution in [0, 0.1) is 5.92 Å². The number of aliphatic hydroxyl groups excluding tert-OH is 1. The Balaban J connectivity index is 2.09. The van der Waals surface area contributed by atoms with E-state index in [9.17, 15) is 9.90 Å². The summed E-state index contributed by atoms with van der Waals surface area (Å²) in [5, 5.41) is 10.2. The highest BCUT2D eigenvalue weighted by Crippen LogP contribution is 2.35. The van der Waals surface area contributed by atoms with Gasteiger partial charge in [0.1, 0.15) is 0 Å². The van der Waals surface area contributed by atoms with Gasteiger partial charge in [-0.2, -0.15) is 0 Å². The molecule has 1 amide bonds. The summed E-state index contributed by atoms with van der Waals surface area (Å²) in [6, 6.07) is 0.814. The number of amides is 1. The van der Waals surface area contributed by atoms with Crippen LogP contribution in [0.1, 0.15) is 46.5 Å². The molecule has 2 rings (SSSR count). The maximum Gasteiger partial charge on any atom is 0.239 e. The van der Waals surface area contributed by atoms with Crippen LogP contribution in [0.2, 0.25) is 0 Å². The third-order valence-electron chi connectivity index (χ3n) is 5.53. The molecule has 0 radical (unpaired) electrons. The van der Waals surface area contributed by atoms with Crippen molar-refractivity contribution in [3.8, 4) is 0 Å². The van der Waals surface area contributed by atoms with E-state index in [4.69, 9.17) is 5.73 Å². The zero-order valence-electron chi connectivity index (χ0n) is 13.8. The van der Waals surface area contributed by atoms with E-state index in [2.05, 4.69) is 25.8 Å². The number of nitrogens with zero attached hydrogens (tertiary/aromatic N) is 2. The Morgan fingerprint density at radius 2 is 1.95 bits per heavy atom. The van der Waals surface area contributed by atoms with Crippen molar-refractivity contribution in [2.45, 2.75) is 76.7 Å². The van der Waals surface area contributed by atoms with Crippen molar-refractivity contribution in [3.05, 3.63) is 0 Å². The molecule has 2 fully saturated rings. The molecule has 0 aromatic rings. The molecule has 5 atom stereocenters. The van der Waals surface area contributed by atoms with E-state index in [1.54, 1.807) is 0 Å². The van der Waals surface area contributed by atoms with Gasteiger partial charge in [-0.25, -0.2) is 0 Å². The number of carbonyl (C=O) groups excluding carboxylic acids is 1. The van der Waals surface area contributed by atoms with Crippen molar-refractivity contribution in [2.24, 2.45) is 11.7 Å². The number of hydrogen-bond donors (Lipinski definition) is 2. The van der Waals surface area contributed by atoms with Crippen LogP contribution in [0.15, 0.2) is 0 Å². The van der Waals surface area contributed by atoms with E-state index < -0.39 is 0 Å². The molecule has 1 aliphatic carbocycles. The minimum absolute atomic E-state index is 0.0707. The molecular formula is C16H31N3O2. The topological polar surface area (TPSA) is 69.8 Å². The van der Waals surface area contributed by atoms with Gasteiger partial charge < -0.3 is 20.6 Å². The molecule has 2 aliphatic rings. The van der Waals surface area contributed by atoms with Gasteiger partial charge in [0.2, 0.25) is 5.91 Å². The predicted octanol–water partition coefficient (Wildman–Crippen LogP) is 0.804. The van der Waals surface area contributed by atoms with Gasteiger partial charge in [0, 0.05) is 30.6 Å². The lowest BCUT2D eigenvalue weighted by Crippen LogP contribution is -2.53. The summed E-state index contributed by atoms with van der Waals surface area (Å²) in [6.45, 7) is 7.01. The van der Waals surface area contributed by atoms with Crippen LogP contribution in [0.4, 0.5) is 0 Å². The summed E-state index contributed by atoms with van der Waals surface area (Å²) in [6.07, 6.45) is 3.37. The fraction of sp³-hybridized carbons (Fsp3) is 0.938. The fourth-order valence-electron chi connectivity index (χ4n) is 3.92. The predicted molar refractivity (Wildman–Crippen MR) is 83.8 cm³/mol. The molecule has 5 heteroatoms. The molecule has 1 saturated heterocycles. The Morgan fingerprint density at radius 3 is 2.43 bits per heavy atom. The number of nitrogens with two attached hydrogens (primary N) is 1. The molecule has 0 bridgehead atoms. The fourth-order valence-corrected chi connectivity index (χ4v) is 3.92. The maximum atomic E-state index is 12.2. The summed E-state index contributed by atoms with van der Waals surface area (Å²) >= 11 is 0. The zero-order chi connectivity index (χ0) is 15.7. The Hall–Kier alpha value is -0.650. The van der Waals surface area contributed by atoms with E-state index in [1.165, 1.54) is 0 Å². The quantitative estimate of drug-likeness (QED) is 0.805. The van der Waals surface area contributed by atoms with E-state index in [0.717, 1.165) is 32.2 Å². The molecule has 5 nitrogen and oxygen atoms in total. The molecule has 1 heterocycles. The highest BCUT2D eigenvalue weighted by atomic mass is 16.3. The van der Waals surface area contributed by atoms with E-state index in [-0.39, 0.29) is 30.0 Å². The lowest BCUT2D eigenvalue weighted by Gasteiger charge is -2.45. The Kier molecular flexibility index (Phi) is 5.28. The highest BCUT2D eigenvalue weighted by Gasteiger charge is 2.42. The Bertz CT molecular complexity index is 373. The van der Waals surface area contributed by atoms with Crippen molar-refractivity contribution < 1.29 is 9.90 Å². The van der Waals surface area contributed by atoms with Crippen molar-refractivity contribution in [1.82, 2.24) is 9.80 Å². The van der Waals surface area contributed by atoms with Crippen LogP contribution >= 0.6 is 0 Å². The first-order valence-corrected chi connectivity index (χ1v) is 8.29. The van der Waals surface area contributed by atoms with Crippen LogP contribution < -0.4 is 5.73 Å². The summed E-state index contributed by atoms with van der Waals surface area (Å²) in [7, 11) is 2.16. The normalized spacial score (nSPS) is 35.8. The minimum Gasteiger partial charge on any atom is -0.393 e. The Morgan fingerprint density at radius 1 is 1.29 bits per heavy atom. The molecule has 0 aromatic heterocycles. The van der Waals surface area contributed by atoms with Crippen LogP contribution in [-0.4, -0.2) is 64.7 Å². The molecule has 0 spiro atoms. The monoisotopic (exact) mass is 297 g/mol. The maximum absolute atomic E-state index is 12.2. The van der Waals surface area contributed by atoms with Crippen molar-refractivity contribution in [2.75, 3.05) is 13.6 Å². The third-order valence-corrected chi connectivity index (χ3v) is 5.53. The van der Waals surface area contributed by atoms with Gasteiger partial charge in [-0.1, -0.05) is 0 Å². The number of aliphatic hydroxyl groups is 1. The molecule has 1 saturated carbocycles. The second-order valence-electron chi connectivity index (χ2n) is 7.12. The standard InChI is InChI=1S/C16H31N3O2/c1-10(2)18(4)12-5-6-15(13(9-12)11(3)20)19-8-7-14(17)16(19)21/h10-15,20H,5-9,17H2,1-4H3/t11-,12+,13-,14?,15-/m0/s1. The summed E-state index contributed by atoms with van der Waals surface area (Å²) in [4.78, 5) is 16.5. The second kappa shape index (κ2) is 6.63. The molecule has 1 aliphatic heterocycles. The lowest BCUT2D eigenvalue weighted by molar-refractivity contribution is -0.134. The highest BCUT2D eigenvalue weighted by molar-refractivity contribution is 5.84. The molecule has 122 valence electrons. The van der Waals surface area contributed by atoms with Gasteiger partial charge in [0.25, 0.3) is 0 Å². The largest absolute Gasteiger partial charge is 0.393 e. The average Bonchev–Trinajstić information content (AvgIpc) is 2.77. The third kappa shape index (κ3) is 3.41. The second-order valence-corrected chi connectivity index (χ2v) is 7.12. The number of hydrogen-bond acceptors (Lipinski definition) is 4. The van der Waals surface area contributed by atoms with Gasteiger partial charge in [0.05, 0.1) is 12.1 Å². The molecule has 1 unspecified atom stereocenters. The number of carbonyl (C=O) groups is 1. The van der Waals surface area contributed by atoms with Gasteiger partial charge in [-0.05, 0) is 53.5 Å². The molecule has 3 N–H and O–H groups in total. The van der Waals surface area contributed by atoms with Crippen molar-refractivity contribution in [3.63, 3.8) is 0 Å². The lowest BCUT2D eigenvalue weighted by atomic mass is 9.77. The smallest absolute Gasteiger partial charge is 0.239 e. The van der Waals surface area contributed by atoms with Crippen molar-refractivity contribution >= 4 is 5.91 Å².